The summed E-state index contributed by atoms with van der Waals surface area (Å²) in [5.74, 6) is 1.01. The Bertz CT molecular complexity index is 553. The molecule has 0 saturated carbocycles. The first-order valence-electron chi connectivity index (χ1n) is 6.18. The smallest absolute Gasteiger partial charge is 0.110 e. The van der Waals surface area contributed by atoms with Gasteiger partial charge in [-0.2, -0.15) is 0 Å². The number of nitrogens with two attached hydrogens (primary N) is 1. The van der Waals surface area contributed by atoms with E-state index in [9.17, 15) is 0 Å². The van der Waals surface area contributed by atoms with E-state index in [4.69, 9.17) is 5.73 Å². The van der Waals surface area contributed by atoms with Crippen LogP contribution in [0.5, 0.6) is 0 Å². The van der Waals surface area contributed by atoms with E-state index in [1.807, 2.05) is 18.5 Å². The van der Waals surface area contributed by atoms with E-state index in [0.717, 1.165) is 33.4 Å². The molecule has 0 aliphatic heterocycles. The maximum atomic E-state index is 6.24. The molecule has 2 aromatic rings. The van der Waals surface area contributed by atoms with Gasteiger partial charge >= 0.3 is 0 Å². The van der Waals surface area contributed by atoms with Gasteiger partial charge in [0.2, 0.25) is 0 Å². The zero-order chi connectivity index (χ0) is 13.8. The second-order valence-corrected chi connectivity index (χ2v) is 6.14. The average molecular weight is 388 g/mol. The summed E-state index contributed by atoms with van der Waals surface area (Å²) in [5.41, 5.74) is 7.10. The van der Waals surface area contributed by atoms with Crippen molar-refractivity contribution in [1.29, 1.82) is 0 Å². The second kappa shape index (κ2) is 6.63. The Morgan fingerprint density at radius 2 is 2.16 bits per heavy atom. The minimum Gasteiger partial charge on any atom is -0.335 e. The summed E-state index contributed by atoms with van der Waals surface area (Å²) < 4.78 is 4.00. The van der Waals surface area contributed by atoms with Crippen LogP contribution in [0.4, 0.5) is 0 Å². The van der Waals surface area contributed by atoms with E-state index in [1.165, 1.54) is 0 Å². The second-order valence-electron chi connectivity index (χ2n) is 4.37. The molecule has 0 bridgehead atoms. The van der Waals surface area contributed by atoms with Crippen molar-refractivity contribution in [2.75, 3.05) is 0 Å². The first-order valence-corrected chi connectivity index (χ1v) is 7.77. The molecule has 0 spiro atoms. The Balaban J connectivity index is 2.16. The van der Waals surface area contributed by atoms with Gasteiger partial charge in [-0.15, -0.1) is 0 Å². The number of halogens is 2. The van der Waals surface area contributed by atoms with Gasteiger partial charge in [-0.25, -0.2) is 4.98 Å². The van der Waals surface area contributed by atoms with Crippen LogP contribution in [-0.4, -0.2) is 14.5 Å². The SMILES string of the molecule is CCCn1ccnc1CC(N)c1ncc(Br)cc1Br. The minimum atomic E-state index is -0.166. The van der Waals surface area contributed by atoms with Gasteiger partial charge in [-0.1, -0.05) is 6.92 Å². The van der Waals surface area contributed by atoms with Gasteiger partial charge in [0.1, 0.15) is 5.82 Å². The van der Waals surface area contributed by atoms with Crippen LogP contribution in [0, 0.1) is 0 Å². The molecule has 2 N–H and O–H groups in total. The molecule has 0 fully saturated rings. The van der Waals surface area contributed by atoms with Crippen molar-refractivity contribution in [1.82, 2.24) is 14.5 Å². The van der Waals surface area contributed by atoms with Gasteiger partial charge in [0.25, 0.3) is 0 Å². The summed E-state index contributed by atoms with van der Waals surface area (Å²) in [5, 5.41) is 0. The summed E-state index contributed by atoms with van der Waals surface area (Å²) in [6.45, 7) is 3.12. The highest BCUT2D eigenvalue weighted by molar-refractivity contribution is 9.11. The third-order valence-corrected chi connectivity index (χ3v) is 3.93. The lowest BCUT2D eigenvalue weighted by molar-refractivity contribution is 0.590. The molecule has 0 radical (unpaired) electrons. The molecule has 4 nitrogen and oxygen atoms in total. The highest BCUT2D eigenvalue weighted by Crippen LogP contribution is 2.25. The van der Waals surface area contributed by atoms with E-state index < -0.39 is 0 Å². The van der Waals surface area contributed by atoms with E-state index in [-0.39, 0.29) is 6.04 Å². The maximum Gasteiger partial charge on any atom is 0.110 e. The maximum absolute atomic E-state index is 6.24. The number of imidazole rings is 1. The fourth-order valence-corrected chi connectivity index (χ4v) is 3.25. The number of nitrogens with zero attached hydrogens (tertiary/aromatic N) is 3. The first kappa shape index (κ1) is 14.7. The molecule has 19 heavy (non-hydrogen) atoms. The third kappa shape index (κ3) is 3.64. The van der Waals surface area contributed by atoms with Gasteiger partial charge in [0.05, 0.1) is 11.7 Å². The fraction of sp³-hybridized carbons (Fsp3) is 0.385. The quantitative estimate of drug-likeness (QED) is 0.854. The molecule has 0 saturated heterocycles. The van der Waals surface area contributed by atoms with Crippen molar-refractivity contribution in [3.05, 3.63) is 45.1 Å². The van der Waals surface area contributed by atoms with Crippen LogP contribution in [0.2, 0.25) is 0 Å². The van der Waals surface area contributed by atoms with Crippen molar-refractivity contribution in [3.8, 4) is 0 Å². The van der Waals surface area contributed by atoms with Gasteiger partial charge in [-0.3, -0.25) is 4.98 Å². The third-order valence-electron chi connectivity index (χ3n) is 2.86. The van der Waals surface area contributed by atoms with E-state index in [2.05, 4.69) is 53.3 Å². The van der Waals surface area contributed by atoms with Crippen molar-refractivity contribution in [2.45, 2.75) is 32.4 Å². The van der Waals surface area contributed by atoms with E-state index >= 15 is 0 Å². The summed E-state index contributed by atoms with van der Waals surface area (Å²) in [7, 11) is 0. The standard InChI is InChI=1S/C13H16Br2N4/c1-2-4-19-5-3-17-12(19)7-11(16)13-10(15)6-9(14)8-18-13/h3,5-6,8,11H,2,4,7,16H2,1H3. The van der Waals surface area contributed by atoms with Crippen LogP contribution in [0.25, 0.3) is 0 Å². The van der Waals surface area contributed by atoms with Crippen LogP contribution in [-0.2, 0) is 13.0 Å². The molecule has 1 unspecified atom stereocenters. The molecule has 102 valence electrons. The van der Waals surface area contributed by atoms with Crippen molar-refractivity contribution in [3.63, 3.8) is 0 Å². The number of aromatic nitrogens is 3. The first-order chi connectivity index (χ1) is 9.11. The zero-order valence-corrected chi connectivity index (χ0v) is 13.9. The molecule has 6 heteroatoms. The number of hydrogen-bond acceptors (Lipinski definition) is 3. The van der Waals surface area contributed by atoms with Gasteiger partial charge in [0.15, 0.2) is 0 Å². The molecular formula is C13H16Br2N4. The summed E-state index contributed by atoms with van der Waals surface area (Å²) in [6, 6.07) is 1.79. The number of rotatable bonds is 5. The van der Waals surface area contributed by atoms with Crippen LogP contribution in [0.3, 0.4) is 0 Å². The molecule has 2 heterocycles. The normalized spacial score (nSPS) is 12.6. The van der Waals surface area contributed by atoms with Crippen molar-refractivity contribution >= 4 is 31.9 Å². The molecule has 0 amide bonds. The molecule has 2 aromatic heterocycles. The molecule has 0 aliphatic carbocycles. The number of hydrogen-bond donors (Lipinski definition) is 1. The van der Waals surface area contributed by atoms with Crippen LogP contribution < -0.4 is 5.73 Å². The minimum absolute atomic E-state index is 0.166. The fourth-order valence-electron chi connectivity index (χ4n) is 1.97. The monoisotopic (exact) mass is 386 g/mol. The molecule has 2 rings (SSSR count). The van der Waals surface area contributed by atoms with Gasteiger partial charge in [0, 0.05) is 40.5 Å². The Morgan fingerprint density at radius 1 is 1.37 bits per heavy atom. The molecule has 0 aliphatic rings. The number of aryl methyl sites for hydroxylation is 1. The Morgan fingerprint density at radius 3 is 2.84 bits per heavy atom. The molecule has 0 aromatic carbocycles. The van der Waals surface area contributed by atoms with Crippen LogP contribution in [0.15, 0.2) is 33.6 Å². The van der Waals surface area contributed by atoms with Gasteiger partial charge in [-0.05, 0) is 44.3 Å². The predicted octanol–water partition coefficient (Wildman–Crippen LogP) is 3.46. The topological polar surface area (TPSA) is 56.7 Å². The lowest BCUT2D eigenvalue weighted by Gasteiger charge is -2.14. The highest BCUT2D eigenvalue weighted by atomic mass is 79.9. The van der Waals surface area contributed by atoms with Crippen molar-refractivity contribution in [2.24, 2.45) is 5.73 Å². The molecule has 1 atom stereocenters. The summed E-state index contributed by atoms with van der Waals surface area (Å²) in [4.78, 5) is 8.76. The number of pyridine rings is 1. The lowest BCUT2D eigenvalue weighted by atomic mass is 10.1. The molecular weight excluding hydrogens is 372 g/mol. The lowest BCUT2D eigenvalue weighted by Crippen LogP contribution is -2.18. The summed E-state index contributed by atoms with van der Waals surface area (Å²) in [6.07, 6.45) is 7.34. The van der Waals surface area contributed by atoms with Crippen LogP contribution in [0.1, 0.15) is 30.9 Å². The van der Waals surface area contributed by atoms with Crippen LogP contribution >= 0.6 is 31.9 Å². The highest BCUT2D eigenvalue weighted by Gasteiger charge is 2.15. The average Bonchev–Trinajstić information content (AvgIpc) is 2.77. The Kier molecular flexibility index (Phi) is 5.13. The van der Waals surface area contributed by atoms with E-state index in [1.54, 1.807) is 6.20 Å². The largest absolute Gasteiger partial charge is 0.335 e. The Labute approximate surface area is 129 Å². The van der Waals surface area contributed by atoms with Gasteiger partial charge < -0.3 is 10.3 Å². The predicted molar refractivity (Wildman–Crippen MR) is 82.8 cm³/mol. The Hall–Kier alpha value is -0.720. The zero-order valence-electron chi connectivity index (χ0n) is 10.7. The summed E-state index contributed by atoms with van der Waals surface area (Å²) >= 11 is 6.89. The van der Waals surface area contributed by atoms with E-state index in [0.29, 0.717) is 6.42 Å². The van der Waals surface area contributed by atoms with Crippen molar-refractivity contribution < 1.29 is 0 Å².